The fourth-order valence-electron chi connectivity index (χ4n) is 2.00. The fourth-order valence-corrected chi connectivity index (χ4v) is 3.30. The van der Waals surface area contributed by atoms with Gasteiger partial charge in [-0.15, -0.1) is 0 Å². The quantitative estimate of drug-likeness (QED) is 0.743. The Morgan fingerprint density at radius 2 is 2.29 bits per heavy atom. The standard InChI is InChI=1S/C13H23NO2S/c1-8(2)10-5-4-9(3)12(6-10)17-7-11(14)13(15)16/h6,8-9,11-12H,4-5,7,14H2,1-3H3,(H,15,16)/t9?,11-,12?/m0/s1. The number of carbonyl (C=O) groups is 1. The molecule has 1 rings (SSSR count). The molecule has 0 saturated heterocycles. The van der Waals surface area contributed by atoms with E-state index in [0.29, 0.717) is 22.8 Å². The highest BCUT2D eigenvalue weighted by Gasteiger charge is 2.24. The molecule has 0 fully saturated rings. The maximum absolute atomic E-state index is 10.7. The van der Waals surface area contributed by atoms with E-state index in [9.17, 15) is 4.79 Å². The molecular formula is C13H23NO2S. The van der Waals surface area contributed by atoms with Crippen molar-refractivity contribution in [3.63, 3.8) is 0 Å². The smallest absolute Gasteiger partial charge is 0.321 e. The first-order valence-electron chi connectivity index (χ1n) is 6.22. The number of aliphatic carboxylic acids is 1. The van der Waals surface area contributed by atoms with Crippen LogP contribution >= 0.6 is 11.8 Å². The Morgan fingerprint density at radius 3 is 2.82 bits per heavy atom. The van der Waals surface area contributed by atoms with E-state index in [1.165, 1.54) is 18.4 Å². The zero-order valence-corrected chi connectivity index (χ0v) is 11.7. The summed E-state index contributed by atoms with van der Waals surface area (Å²) < 4.78 is 0. The molecule has 0 spiro atoms. The minimum Gasteiger partial charge on any atom is -0.480 e. The first-order chi connectivity index (χ1) is 7.91. The molecule has 98 valence electrons. The van der Waals surface area contributed by atoms with Crippen molar-refractivity contribution < 1.29 is 9.90 Å². The highest BCUT2D eigenvalue weighted by molar-refractivity contribution is 8.00. The van der Waals surface area contributed by atoms with E-state index in [4.69, 9.17) is 10.8 Å². The molecule has 0 aromatic heterocycles. The Kier molecular flexibility index (Phi) is 5.53. The lowest BCUT2D eigenvalue weighted by Gasteiger charge is -2.29. The molecule has 0 aromatic carbocycles. The van der Waals surface area contributed by atoms with Crippen LogP contribution in [0.15, 0.2) is 11.6 Å². The molecule has 1 aliphatic carbocycles. The highest BCUT2D eigenvalue weighted by atomic mass is 32.2. The van der Waals surface area contributed by atoms with Gasteiger partial charge < -0.3 is 10.8 Å². The van der Waals surface area contributed by atoms with Crippen LogP contribution in [0.4, 0.5) is 0 Å². The second kappa shape index (κ2) is 6.45. The van der Waals surface area contributed by atoms with Gasteiger partial charge in [0.1, 0.15) is 6.04 Å². The lowest BCUT2D eigenvalue weighted by Crippen LogP contribution is -2.34. The Balaban J connectivity index is 2.56. The molecular weight excluding hydrogens is 234 g/mol. The van der Waals surface area contributed by atoms with Crippen molar-refractivity contribution in [2.24, 2.45) is 17.6 Å². The summed E-state index contributed by atoms with van der Waals surface area (Å²) in [4.78, 5) is 10.7. The number of thioether (sulfide) groups is 1. The Hall–Kier alpha value is -0.480. The van der Waals surface area contributed by atoms with E-state index in [0.717, 1.165) is 0 Å². The van der Waals surface area contributed by atoms with Gasteiger partial charge in [0.05, 0.1) is 0 Å². The third-order valence-electron chi connectivity index (χ3n) is 3.35. The van der Waals surface area contributed by atoms with E-state index in [1.807, 2.05) is 0 Å². The van der Waals surface area contributed by atoms with Gasteiger partial charge in [-0.25, -0.2) is 0 Å². The van der Waals surface area contributed by atoms with Crippen LogP contribution in [0.2, 0.25) is 0 Å². The molecule has 0 amide bonds. The number of hydrogen-bond acceptors (Lipinski definition) is 3. The van der Waals surface area contributed by atoms with Gasteiger partial charge in [0, 0.05) is 11.0 Å². The predicted octanol–water partition coefficient (Wildman–Crippen LogP) is 2.51. The number of carboxylic acid groups (broad SMARTS) is 1. The molecule has 4 heteroatoms. The molecule has 3 atom stereocenters. The zero-order valence-electron chi connectivity index (χ0n) is 10.8. The van der Waals surface area contributed by atoms with Gasteiger partial charge in [0.15, 0.2) is 0 Å². The summed E-state index contributed by atoms with van der Waals surface area (Å²) in [6, 6.07) is -0.745. The molecule has 17 heavy (non-hydrogen) atoms. The summed E-state index contributed by atoms with van der Waals surface area (Å²) in [5.74, 6) is 0.794. The molecule has 0 aromatic rings. The van der Waals surface area contributed by atoms with Crippen LogP contribution in [0.3, 0.4) is 0 Å². The lowest BCUT2D eigenvalue weighted by molar-refractivity contribution is -0.137. The normalized spacial score (nSPS) is 26.8. The average molecular weight is 257 g/mol. The van der Waals surface area contributed by atoms with Crippen LogP contribution in [-0.4, -0.2) is 28.1 Å². The number of allylic oxidation sites excluding steroid dienone is 1. The van der Waals surface area contributed by atoms with Crippen LogP contribution in [-0.2, 0) is 4.79 Å². The van der Waals surface area contributed by atoms with Crippen molar-refractivity contribution in [2.75, 3.05) is 5.75 Å². The van der Waals surface area contributed by atoms with E-state index in [1.54, 1.807) is 11.8 Å². The number of nitrogens with two attached hydrogens (primary N) is 1. The molecule has 3 N–H and O–H groups in total. The molecule has 0 heterocycles. The van der Waals surface area contributed by atoms with Gasteiger partial charge in [0.2, 0.25) is 0 Å². The van der Waals surface area contributed by atoms with Gasteiger partial charge in [-0.1, -0.05) is 32.4 Å². The van der Waals surface area contributed by atoms with Gasteiger partial charge in [0.25, 0.3) is 0 Å². The van der Waals surface area contributed by atoms with Crippen molar-refractivity contribution in [3.05, 3.63) is 11.6 Å². The second-order valence-electron chi connectivity index (χ2n) is 5.15. The van der Waals surface area contributed by atoms with Crippen molar-refractivity contribution >= 4 is 17.7 Å². The molecule has 3 nitrogen and oxygen atoms in total. The lowest BCUT2D eigenvalue weighted by atomic mass is 9.86. The predicted molar refractivity (Wildman–Crippen MR) is 73.2 cm³/mol. The Bertz CT molecular complexity index is 302. The Morgan fingerprint density at radius 1 is 1.65 bits per heavy atom. The molecule has 0 bridgehead atoms. The van der Waals surface area contributed by atoms with Crippen LogP contribution in [0.25, 0.3) is 0 Å². The maximum atomic E-state index is 10.7. The van der Waals surface area contributed by atoms with Gasteiger partial charge >= 0.3 is 5.97 Å². The molecule has 0 radical (unpaired) electrons. The van der Waals surface area contributed by atoms with Gasteiger partial charge in [-0.2, -0.15) is 11.8 Å². The third kappa shape index (κ3) is 4.36. The summed E-state index contributed by atoms with van der Waals surface area (Å²) in [6.45, 7) is 6.66. The summed E-state index contributed by atoms with van der Waals surface area (Å²) in [5, 5.41) is 9.19. The zero-order chi connectivity index (χ0) is 13.0. The number of carboxylic acids is 1. The average Bonchev–Trinajstić information content (AvgIpc) is 2.26. The molecule has 0 saturated carbocycles. The van der Waals surface area contributed by atoms with Crippen LogP contribution in [0.1, 0.15) is 33.6 Å². The van der Waals surface area contributed by atoms with E-state index < -0.39 is 12.0 Å². The van der Waals surface area contributed by atoms with Crippen LogP contribution in [0.5, 0.6) is 0 Å². The molecule has 0 aliphatic heterocycles. The van der Waals surface area contributed by atoms with Gasteiger partial charge in [-0.05, 0) is 24.7 Å². The van der Waals surface area contributed by atoms with E-state index >= 15 is 0 Å². The Labute approximate surface area is 108 Å². The molecule has 1 aliphatic rings. The van der Waals surface area contributed by atoms with E-state index in [-0.39, 0.29) is 0 Å². The van der Waals surface area contributed by atoms with Crippen molar-refractivity contribution in [1.29, 1.82) is 0 Å². The fraction of sp³-hybridized carbons (Fsp3) is 0.769. The first kappa shape index (κ1) is 14.6. The highest BCUT2D eigenvalue weighted by Crippen LogP contribution is 2.34. The summed E-state index contributed by atoms with van der Waals surface area (Å²) in [7, 11) is 0. The summed E-state index contributed by atoms with van der Waals surface area (Å²) in [6.07, 6.45) is 4.71. The number of rotatable bonds is 5. The topological polar surface area (TPSA) is 63.3 Å². The monoisotopic (exact) mass is 257 g/mol. The third-order valence-corrected chi connectivity index (χ3v) is 4.89. The van der Waals surface area contributed by atoms with Crippen LogP contribution < -0.4 is 5.73 Å². The van der Waals surface area contributed by atoms with Crippen LogP contribution in [0, 0.1) is 11.8 Å². The number of hydrogen-bond donors (Lipinski definition) is 2. The SMILES string of the molecule is CC(C)C1=CC(SC[C@H](N)C(=O)O)C(C)CC1. The maximum Gasteiger partial charge on any atom is 0.321 e. The van der Waals surface area contributed by atoms with Crippen molar-refractivity contribution in [1.82, 2.24) is 0 Å². The van der Waals surface area contributed by atoms with Crippen molar-refractivity contribution in [2.45, 2.75) is 44.9 Å². The van der Waals surface area contributed by atoms with Crippen molar-refractivity contribution in [3.8, 4) is 0 Å². The summed E-state index contributed by atoms with van der Waals surface area (Å²) in [5.41, 5.74) is 7.04. The largest absolute Gasteiger partial charge is 0.480 e. The van der Waals surface area contributed by atoms with E-state index in [2.05, 4.69) is 26.8 Å². The molecule has 2 unspecified atom stereocenters. The minimum absolute atomic E-state index is 0.423. The second-order valence-corrected chi connectivity index (χ2v) is 6.37. The minimum atomic E-state index is -0.908. The summed E-state index contributed by atoms with van der Waals surface area (Å²) >= 11 is 1.68. The first-order valence-corrected chi connectivity index (χ1v) is 7.27. The van der Waals surface area contributed by atoms with Gasteiger partial charge in [-0.3, -0.25) is 4.79 Å².